The van der Waals surface area contributed by atoms with Crippen molar-refractivity contribution in [3.8, 4) is 0 Å². The highest BCUT2D eigenvalue weighted by Crippen LogP contribution is 2.41. The summed E-state index contributed by atoms with van der Waals surface area (Å²) in [5.74, 6) is 0.122. The van der Waals surface area contributed by atoms with Crippen LogP contribution in [0.25, 0.3) is 0 Å². The van der Waals surface area contributed by atoms with Gasteiger partial charge in [-0.3, -0.25) is 4.79 Å². The Balaban J connectivity index is 1.88. The highest BCUT2D eigenvalue weighted by molar-refractivity contribution is 6.34. The van der Waals surface area contributed by atoms with Crippen LogP contribution in [-0.2, 0) is 23.8 Å². The minimum atomic E-state index is -4.33. The SMILES string of the molecule is Cc1cc2c(c(Cl)c1NC(=O)CC(C)(C)C)CCCCC2Cc1ccc(C(F)(F)F)cc1. The van der Waals surface area contributed by atoms with Crippen molar-refractivity contribution >= 4 is 23.2 Å². The van der Waals surface area contributed by atoms with E-state index in [2.05, 4.69) is 11.4 Å². The zero-order valence-electron chi connectivity index (χ0n) is 19.1. The van der Waals surface area contributed by atoms with Crippen molar-refractivity contribution in [1.29, 1.82) is 0 Å². The van der Waals surface area contributed by atoms with E-state index in [1.54, 1.807) is 12.1 Å². The third-order valence-electron chi connectivity index (χ3n) is 5.99. The van der Waals surface area contributed by atoms with Gasteiger partial charge in [0.25, 0.3) is 0 Å². The van der Waals surface area contributed by atoms with Gasteiger partial charge in [0.15, 0.2) is 0 Å². The summed E-state index contributed by atoms with van der Waals surface area (Å²) in [6.07, 6.45) is 0.550. The summed E-state index contributed by atoms with van der Waals surface area (Å²) in [4.78, 5) is 12.5. The summed E-state index contributed by atoms with van der Waals surface area (Å²) in [5.41, 5.74) is 3.92. The number of halogens is 4. The van der Waals surface area contributed by atoms with Gasteiger partial charge >= 0.3 is 6.18 Å². The van der Waals surface area contributed by atoms with Crippen molar-refractivity contribution in [3.63, 3.8) is 0 Å². The number of hydrogen-bond donors (Lipinski definition) is 1. The molecule has 2 nitrogen and oxygen atoms in total. The van der Waals surface area contributed by atoms with Gasteiger partial charge in [-0.15, -0.1) is 0 Å². The van der Waals surface area contributed by atoms with Gasteiger partial charge in [-0.25, -0.2) is 0 Å². The average molecular weight is 466 g/mol. The second-order valence-corrected chi connectivity index (χ2v) is 10.5. The van der Waals surface area contributed by atoms with Crippen LogP contribution in [0.5, 0.6) is 0 Å². The number of rotatable bonds is 4. The number of anilines is 1. The first-order valence-electron chi connectivity index (χ1n) is 11.1. The number of nitrogens with one attached hydrogen (secondary N) is 1. The zero-order valence-corrected chi connectivity index (χ0v) is 19.9. The third-order valence-corrected chi connectivity index (χ3v) is 6.40. The van der Waals surface area contributed by atoms with E-state index in [-0.39, 0.29) is 17.2 Å². The normalized spacial score (nSPS) is 16.9. The highest BCUT2D eigenvalue weighted by Gasteiger charge is 2.30. The number of fused-ring (bicyclic) bond motifs is 1. The summed E-state index contributed by atoms with van der Waals surface area (Å²) < 4.78 is 38.7. The molecule has 0 spiro atoms. The average Bonchev–Trinajstić information content (AvgIpc) is 2.86. The molecule has 0 heterocycles. The smallest absolute Gasteiger partial charge is 0.325 e. The molecule has 32 heavy (non-hydrogen) atoms. The first kappa shape index (κ1) is 24.6. The van der Waals surface area contributed by atoms with E-state index in [0.717, 1.165) is 60.1 Å². The number of carbonyl (C=O) groups is 1. The molecule has 1 aliphatic rings. The van der Waals surface area contributed by atoms with E-state index in [4.69, 9.17) is 11.6 Å². The molecule has 1 N–H and O–H groups in total. The fourth-order valence-electron chi connectivity index (χ4n) is 4.45. The molecule has 0 fully saturated rings. The van der Waals surface area contributed by atoms with Gasteiger partial charge in [-0.2, -0.15) is 13.2 Å². The molecule has 0 radical (unpaired) electrons. The minimum Gasteiger partial charge on any atom is -0.325 e. The largest absolute Gasteiger partial charge is 0.416 e. The Morgan fingerprint density at radius 1 is 1.12 bits per heavy atom. The molecule has 0 saturated carbocycles. The lowest BCUT2D eigenvalue weighted by molar-refractivity contribution is -0.137. The lowest BCUT2D eigenvalue weighted by atomic mass is 9.85. The molecule has 0 aliphatic heterocycles. The van der Waals surface area contributed by atoms with Crippen molar-refractivity contribution in [2.24, 2.45) is 5.41 Å². The molecule has 1 aliphatic carbocycles. The summed E-state index contributed by atoms with van der Waals surface area (Å²) in [5, 5.41) is 3.61. The fraction of sp³-hybridized carbons (Fsp3) is 0.500. The number of benzene rings is 2. The molecule has 2 aromatic rings. The van der Waals surface area contributed by atoms with Crippen molar-refractivity contribution < 1.29 is 18.0 Å². The zero-order chi connectivity index (χ0) is 23.7. The fourth-order valence-corrected chi connectivity index (χ4v) is 4.85. The van der Waals surface area contributed by atoms with Gasteiger partial charge in [0.05, 0.1) is 16.3 Å². The molecule has 174 valence electrons. The Bertz CT molecular complexity index is 975. The summed E-state index contributed by atoms with van der Waals surface area (Å²) >= 11 is 6.82. The monoisotopic (exact) mass is 465 g/mol. The van der Waals surface area contributed by atoms with Crippen LogP contribution in [0.2, 0.25) is 5.02 Å². The first-order valence-corrected chi connectivity index (χ1v) is 11.5. The van der Waals surface area contributed by atoms with Crippen molar-refractivity contribution in [1.82, 2.24) is 0 Å². The molecule has 3 rings (SSSR count). The van der Waals surface area contributed by atoms with Crippen molar-refractivity contribution in [2.45, 2.75) is 78.3 Å². The van der Waals surface area contributed by atoms with Gasteiger partial charge in [0.2, 0.25) is 5.91 Å². The van der Waals surface area contributed by atoms with Crippen LogP contribution in [-0.4, -0.2) is 5.91 Å². The van der Waals surface area contributed by atoms with Gasteiger partial charge in [0, 0.05) is 6.42 Å². The summed E-state index contributed by atoms with van der Waals surface area (Å²) in [6, 6.07) is 7.55. The number of alkyl halides is 3. The maximum absolute atomic E-state index is 12.9. The maximum atomic E-state index is 12.9. The molecule has 1 atom stereocenters. The Labute approximate surface area is 193 Å². The third kappa shape index (κ3) is 6.06. The van der Waals surface area contributed by atoms with Crippen LogP contribution in [0, 0.1) is 12.3 Å². The van der Waals surface area contributed by atoms with Crippen molar-refractivity contribution in [3.05, 3.63) is 63.2 Å². The molecular weight excluding hydrogens is 435 g/mol. The maximum Gasteiger partial charge on any atom is 0.416 e. The van der Waals surface area contributed by atoms with Crippen LogP contribution in [0.3, 0.4) is 0 Å². The van der Waals surface area contributed by atoms with Crippen LogP contribution >= 0.6 is 11.6 Å². The molecule has 6 heteroatoms. The van der Waals surface area contributed by atoms with E-state index in [1.165, 1.54) is 0 Å². The van der Waals surface area contributed by atoms with E-state index in [0.29, 0.717) is 23.6 Å². The van der Waals surface area contributed by atoms with Gasteiger partial charge in [-0.05, 0) is 78.3 Å². The Hall–Kier alpha value is -2.01. The van der Waals surface area contributed by atoms with Gasteiger partial charge < -0.3 is 5.32 Å². The summed E-state index contributed by atoms with van der Waals surface area (Å²) in [6.45, 7) is 8.00. The molecule has 1 amide bonds. The molecule has 0 saturated heterocycles. The highest BCUT2D eigenvalue weighted by atomic mass is 35.5. The van der Waals surface area contributed by atoms with Gasteiger partial charge in [0.1, 0.15) is 0 Å². The van der Waals surface area contributed by atoms with E-state index >= 15 is 0 Å². The van der Waals surface area contributed by atoms with Crippen molar-refractivity contribution in [2.75, 3.05) is 5.32 Å². The second-order valence-electron chi connectivity index (χ2n) is 10.1. The second kappa shape index (κ2) is 9.46. The van der Waals surface area contributed by atoms with Crippen LogP contribution in [0.15, 0.2) is 30.3 Å². The quantitative estimate of drug-likeness (QED) is 0.454. The molecular formula is C26H31ClF3NO. The Kier molecular flexibility index (Phi) is 7.28. The number of amides is 1. The topological polar surface area (TPSA) is 29.1 Å². The molecule has 2 aromatic carbocycles. The number of hydrogen-bond acceptors (Lipinski definition) is 1. The molecule has 1 unspecified atom stereocenters. The van der Waals surface area contributed by atoms with E-state index in [1.807, 2.05) is 27.7 Å². The number of aryl methyl sites for hydroxylation is 1. The number of carbonyl (C=O) groups excluding carboxylic acids is 1. The summed E-state index contributed by atoms with van der Waals surface area (Å²) in [7, 11) is 0. The van der Waals surface area contributed by atoms with Crippen LogP contribution in [0.4, 0.5) is 18.9 Å². The van der Waals surface area contributed by atoms with Crippen LogP contribution < -0.4 is 5.32 Å². The molecule has 0 bridgehead atoms. The van der Waals surface area contributed by atoms with E-state index < -0.39 is 11.7 Å². The predicted octanol–water partition coefficient (Wildman–Crippen LogP) is 8.09. The van der Waals surface area contributed by atoms with E-state index in [9.17, 15) is 18.0 Å². The first-order chi connectivity index (χ1) is 14.8. The lowest BCUT2D eigenvalue weighted by Crippen LogP contribution is -2.20. The molecule has 0 aromatic heterocycles. The van der Waals surface area contributed by atoms with Crippen LogP contribution in [0.1, 0.15) is 80.2 Å². The Morgan fingerprint density at radius 2 is 1.78 bits per heavy atom. The lowest BCUT2D eigenvalue weighted by Gasteiger charge is -2.23. The predicted molar refractivity (Wildman–Crippen MR) is 124 cm³/mol. The van der Waals surface area contributed by atoms with Gasteiger partial charge in [-0.1, -0.05) is 57.0 Å². The minimum absolute atomic E-state index is 0.0580. The Morgan fingerprint density at radius 3 is 2.38 bits per heavy atom. The standard InChI is InChI=1S/C26H31ClF3NO/c1-16-13-21-18(14-17-9-11-19(12-10-17)26(28,29)30)7-5-6-8-20(21)23(27)24(16)31-22(32)15-25(2,3)4/h9-13,18H,5-8,14-15H2,1-4H3,(H,31,32).